The Hall–Kier alpha value is -2.49. The van der Waals surface area contributed by atoms with Gasteiger partial charge >= 0.3 is 6.03 Å². The summed E-state index contributed by atoms with van der Waals surface area (Å²) in [7, 11) is 1.67. The largest absolute Gasteiger partial charge is 0.497 e. The Morgan fingerprint density at radius 2 is 1.76 bits per heavy atom. The fourth-order valence-electron chi connectivity index (χ4n) is 3.11. The molecule has 0 atom stereocenters. The summed E-state index contributed by atoms with van der Waals surface area (Å²) in [4.78, 5) is 12.0. The molecular weight excluding hydrogens is 312 g/mol. The van der Waals surface area contributed by atoms with Crippen molar-refractivity contribution in [3.63, 3.8) is 0 Å². The van der Waals surface area contributed by atoms with E-state index >= 15 is 0 Å². The van der Waals surface area contributed by atoms with Crippen LogP contribution in [0.3, 0.4) is 0 Å². The maximum absolute atomic E-state index is 12.0. The van der Waals surface area contributed by atoms with Gasteiger partial charge < -0.3 is 15.4 Å². The van der Waals surface area contributed by atoms with Crippen LogP contribution < -0.4 is 15.4 Å². The smallest absolute Gasteiger partial charge is 0.314 e. The Balaban J connectivity index is 1.38. The average molecular weight is 338 g/mol. The van der Waals surface area contributed by atoms with Gasteiger partial charge in [-0.1, -0.05) is 42.5 Å². The Morgan fingerprint density at radius 1 is 1.04 bits per heavy atom. The number of carbonyl (C=O) groups is 1. The predicted octanol–water partition coefficient (Wildman–Crippen LogP) is 3.66. The Morgan fingerprint density at radius 3 is 2.40 bits per heavy atom. The number of hydrogen-bond acceptors (Lipinski definition) is 2. The molecule has 4 heteroatoms. The number of aryl methyl sites for hydroxylation is 1. The van der Waals surface area contributed by atoms with Crippen molar-refractivity contribution in [3.05, 3.63) is 65.7 Å². The molecule has 0 aromatic heterocycles. The van der Waals surface area contributed by atoms with Crippen LogP contribution in [-0.2, 0) is 11.8 Å². The van der Waals surface area contributed by atoms with Crippen LogP contribution in [0.15, 0.2) is 54.6 Å². The third kappa shape index (κ3) is 4.75. The SMILES string of the molecule is COc1ccc(C2(CNC(=O)NCCCc3ccccc3)CC2)cc1. The molecule has 2 aromatic rings. The second-order valence-electron chi connectivity index (χ2n) is 6.71. The Labute approximate surface area is 149 Å². The molecule has 2 N–H and O–H groups in total. The van der Waals surface area contributed by atoms with E-state index < -0.39 is 0 Å². The van der Waals surface area contributed by atoms with Gasteiger partial charge in [0, 0.05) is 18.5 Å². The fraction of sp³-hybridized carbons (Fsp3) is 0.381. The summed E-state index contributed by atoms with van der Waals surface area (Å²) in [6.45, 7) is 1.38. The molecule has 4 nitrogen and oxygen atoms in total. The van der Waals surface area contributed by atoms with Gasteiger partial charge in [-0.2, -0.15) is 0 Å². The Bertz CT molecular complexity index is 679. The van der Waals surface area contributed by atoms with Crippen LogP contribution in [0, 0.1) is 0 Å². The Kier molecular flexibility index (Phi) is 5.59. The highest BCUT2D eigenvalue weighted by molar-refractivity contribution is 5.74. The van der Waals surface area contributed by atoms with Gasteiger partial charge in [0.25, 0.3) is 0 Å². The van der Waals surface area contributed by atoms with E-state index in [0.717, 1.165) is 31.4 Å². The zero-order chi connectivity index (χ0) is 17.5. The highest BCUT2D eigenvalue weighted by atomic mass is 16.5. The molecule has 3 rings (SSSR count). The summed E-state index contributed by atoms with van der Waals surface area (Å²) >= 11 is 0. The van der Waals surface area contributed by atoms with E-state index in [0.29, 0.717) is 13.1 Å². The summed E-state index contributed by atoms with van der Waals surface area (Å²) < 4.78 is 5.21. The first kappa shape index (κ1) is 17.3. The molecule has 0 aliphatic heterocycles. The van der Waals surface area contributed by atoms with Crippen LogP contribution in [0.2, 0.25) is 0 Å². The molecule has 0 bridgehead atoms. The number of nitrogens with one attached hydrogen (secondary N) is 2. The summed E-state index contributed by atoms with van der Waals surface area (Å²) in [5, 5.41) is 5.98. The molecule has 1 aliphatic carbocycles. The number of urea groups is 1. The lowest BCUT2D eigenvalue weighted by Gasteiger charge is -2.17. The lowest BCUT2D eigenvalue weighted by molar-refractivity contribution is 0.239. The number of hydrogen-bond donors (Lipinski definition) is 2. The maximum Gasteiger partial charge on any atom is 0.314 e. The molecule has 1 aliphatic rings. The van der Waals surface area contributed by atoms with Gasteiger partial charge in [-0.3, -0.25) is 0 Å². The lowest BCUT2D eigenvalue weighted by Crippen LogP contribution is -2.40. The first-order valence-electron chi connectivity index (χ1n) is 8.92. The van der Waals surface area contributed by atoms with Crippen molar-refractivity contribution in [1.29, 1.82) is 0 Å². The molecule has 25 heavy (non-hydrogen) atoms. The number of rotatable bonds is 8. The van der Waals surface area contributed by atoms with Crippen molar-refractivity contribution in [2.45, 2.75) is 31.1 Å². The molecule has 0 radical (unpaired) electrons. The molecule has 1 fully saturated rings. The standard InChI is InChI=1S/C21H26N2O2/c1-25-19-11-9-18(10-12-19)21(13-14-21)16-23-20(24)22-15-5-8-17-6-3-2-4-7-17/h2-4,6-7,9-12H,5,8,13-16H2,1H3,(H2,22,23,24). The molecule has 132 valence electrons. The predicted molar refractivity (Wildman–Crippen MR) is 100 cm³/mol. The average Bonchev–Trinajstić information content (AvgIpc) is 3.46. The highest BCUT2D eigenvalue weighted by Gasteiger charge is 2.44. The van der Waals surface area contributed by atoms with Gasteiger partial charge in [0.1, 0.15) is 5.75 Å². The monoisotopic (exact) mass is 338 g/mol. The van der Waals surface area contributed by atoms with Crippen molar-refractivity contribution < 1.29 is 9.53 Å². The first-order chi connectivity index (χ1) is 12.2. The summed E-state index contributed by atoms with van der Waals surface area (Å²) in [5.74, 6) is 0.865. The van der Waals surface area contributed by atoms with E-state index in [1.54, 1.807) is 7.11 Å². The minimum Gasteiger partial charge on any atom is -0.497 e. The van der Waals surface area contributed by atoms with Gasteiger partial charge in [-0.15, -0.1) is 0 Å². The fourth-order valence-corrected chi connectivity index (χ4v) is 3.11. The molecule has 0 saturated heterocycles. The van der Waals surface area contributed by atoms with Crippen molar-refractivity contribution in [2.24, 2.45) is 0 Å². The molecular formula is C21H26N2O2. The molecule has 1 saturated carbocycles. The van der Waals surface area contributed by atoms with E-state index in [9.17, 15) is 4.79 Å². The third-order valence-electron chi connectivity index (χ3n) is 4.91. The topological polar surface area (TPSA) is 50.4 Å². The molecule has 0 spiro atoms. The van der Waals surface area contributed by atoms with Crippen LogP contribution in [0.4, 0.5) is 4.79 Å². The normalized spacial score (nSPS) is 14.6. The number of carbonyl (C=O) groups excluding carboxylic acids is 1. The second kappa shape index (κ2) is 8.06. The van der Waals surface area contributed by atoms with E-state index in [1.807, 2.05) is 30.3 Å². The summed E-state index contributed by atoms with van der Waals surface area (Å²) in [6.07, 6.45) is 4.17. The highest BCUT2D eigenvalue weighted by Crippen LogP contribution is 2.47. The van der Waals surface area contributed by atoms with Crippen LogP contribution in [0.5, 0.6) is 5.75 Å². The third-order valence-corrected chi connectivity index (χ3v) is 4.91. The molecule has 0 heterocycles. The van der Waals surface area contributed by atoms with Gasteiger partial charge in [-0.25, -0.2) is 4.79 Å². The number of benzene rings is 2. The maximum atomic E-state index is 12.0. The minimum atomic E-state index is -0.0761. The van der Waals surface area contributed by atoms with Crippen molar-refractivity contribution >= 4 is 6.03 Å². The molecule has 2 amide bonds. The van der Waals surface area contributed by atoms with Crippen molar-refractivity contribution in [2.75, 3.05) is 20.2 Å². The number of amides is 2. The zero-order valence-corrected chi connectivity index (χ0v) is 14.8. The van der Waals surface area contributed by atoms with E-state index in [2.05, 4.69) is 34.9 Å². The summed E-state index contributed by atoms with van der Waals surface area (Å²) in [6, 6.07) is 18.4. The zero-order valence-electron chi connectivity index (χ0n) is 14.8. The summed E-state index contributed by atoms with van der Waals surface area (Å²) in [5.41, 5.74) is 2.69. The lowest BCUT2D eigenvalue weighted by atomic mass is 9.96. The van der Waals surface area contributed by atoms with Crippen LogP contribution in [0.25, 0.3) is 0 Å². The molecule has 0 unspecified atom stereocenters. The van der Waals surface area contributed by atoms with E-state index in [-0.39, 0.29) is 11.4 Å². The van der Waals surface area contributed by atoms with Crippen LogP contribution in [0.1, 0.15) is 30.4 Å². The van der Waals surface area contributed by atoms with E-state index in [4.69, 9.17) is 4.74 Å². The van der Waals surface area contributed by atoms with Gasteiger partial charge in [0.15, 0.2) is 0 Å². The minimum absolute atomic E-state index is 0.0761. The van der Waals surface area contributed by atoms with Crippen LogP contribution in [-0.4, -0.2) is 26.2 Å². The number of methoxy groups -OCH3 is 1. The van der Waals surface area contributed by atoms with Crippen molar-refractivity contribution in [1.82, 2.24) is 10.6 Å². The van der Waals surface area contributed by atoms with Crippen molar-refractivity contribution in [3.8, 4) is 5.75 Å². The first-order valence-corrected chi connectivity index (χ1v) is 8.92. The van der Waals surface area contributed by atoms with Gasteiger partial charge in [-0.05, 0) is 48.9 Å². The molecule has 2 aromatic carbocycles. The van der Waals surface area contributed by atoms with Crippen LogP contribution >= 0.6 is 0 Å². The van der Waals surface area contributed by atoms with Gasteiger partial charge in [0.05, 0.1) is 7.11 Å². The van der Waals surface area contributed by atoms with Gasteiger partial charge in [0.2, 0.25) is 0 Å². The second-order valence-corrected chi connectivity index (χ2v) is 6.71. The quantitative estimate of drug-likeness (QED) is 0.722. The van der Waals surface area contributed by atoms with E-state index in [1.165, 1.54) is 11.1 Å². The number of ether oxygens (including phenoxy) is 1.